The number of phenolic OH excluding ortho intramolecular Hbond substituents is 1. The molecule has 2 rings (SSSR count). The molecule has 2 aromatic carbocycles. The van der Waals surface area contributed by atoms with Crippen LogP contribution in [0.25, 0.3) is 0 Å². The van der Waals surface area contributed by atoms with Crippen molar-refractivity contribution in [2.75, 3.05) is 4.90 Å². The van der Waals surface area contributed by atoms with Gasteiger partial charge in [0.25, 0.3) is 0 Å². The Kier molecular flexibility index (Phi) is 7.35. The van der Waals surface area contributed by atoms with Gasteiger partial charge in [0.1, 0.15) is 5.75 Å². The first-order valence-electron chi connectivity index (χ1n) is 11.2. The Morgan fingerprint density at radius 1 is 0.867 bits per heavy atom. The van der Waals surface area contributed by atoms with E-state index in [9.17, 15) is 5.11 Å². The number of aryl methyl sites for hydroxylation is 1. The lowest BCUT2D eigenvalue weighted by Gasteiger charge is -2.35. The van der Waals surface area contributed by atoms with Crippen LogP contribution in [-0.4, -0.2) is 17.2 Å². The van der Waals surface area contributed by atoms with Crippen LogP contribution < -0.4 is 15.5 Å². The average molecular weight is 428 g/mol. The minimum absolute atomic E-state index is 0.0311. The Morgan fingerprint density at radius 3 is 1.90 bits per heavy atom. The molecule has 0 fully saturated rings. The van der Waals surface area contributed by atoms with Gasteiger partial charge in [-0.25, -0.2) is 0 Å². The molecule has 0 spiro atoms. The van der Waals surface area contributed by atoms with Crippen LogP contribution in [0.2, 0.25) is 0 Å². The third-order valence-corrected chi connectivity index (χ3v) is 7.24. The van der Waals surface area contributed by atoms with Gasteiger partial charge in [-0.2, -0.15) is 0 Å². The smallest absolute Gasteiger partial charge is 0.127 e. The first-order valence-corrected chi connectivity index (χ1v) is 12.2. The maximum atomic E-state index is 11.3. The first kappa shape index (κ1) is 24.7. The molecule has 0 aliphatic rings. The van der Waals surface area contributed by atoms with Crippen molar-refractivity contribution in [1.82, 2.24) is 0 Å². The predicted octanol–water partition coefficient (Wildman–Crippen LogP) is 6.55. The van der Waals surface area contributed by atoms with Crippen LogP contribution in [0.1, 0.15) is 85.9 Å². The van der Waals surface area contributed by atoms with E-state index in [2.05, 4.69) is 111 Å². The van der Waals surface area contributed by atoms with Gasteiger partial charge in [-0.05, 0) is 68.7 Å². The lowest BCUT2D eigenvalue weighted by atomic mass is 9.80. The van der Waals surface area contributed by atoms with Crippen LogP contribution >= 0.6 is 8.58 Å². The second-order valence-corrected chi connectivity index (χ2v) is 12.4. The Hall–Kier alpha value is -1.53. The van der Waals surface area contributed by atoms with Crippen molar-refractivity contribution in [1.29, 1.82) is 0 Å². The van der Waals surface area contributed by atoms with Crippen LogP contribution in [0.5, 0.6) is 5.75 Å². The molecule has 0 bridgehead atoms. The molecular formula is C27H42NOP. The molecule has 0 aliphatic heterocycles. The number of anilines is 1. The number of aromatic hydroxyl groups is 1. The highest BCUT2D eigenvalue weighted by atomic mass is 31.1. The number of hydrogen-bond acceptors (Lipinski definition) is 2. The predicted molar refractivity (Wildman–Crippen MR) is 137 cm³/mol. The zero-order valence-corrected chi connectivity index (χ0v) is 21.9. The molecular weight excluding hydrogens is 385 g/mol. The molecule has 0 heterocycles. The summed E-state index contributed by atoms with van der Waals surface area (Å²) in [4.78, 5) is 2.49. The van der Waals surface area contributed by atoms with Crippen molar-refractivity contribution in [2.24, 2.45) is 0 Å². The SMILES string of the molecule is Cc1cccc(N(C(C)C)C(C)C)c1Pc1cc(C(C)(C)C)cc(C(C)(C)C)c1O. The fourth-order valence-corrected chi connectivity index (χ4v) is 5.42. The maximum Gasteiger partial charge on any atom is 0.127 e. The minimum Gasteiger partial charge on any atom is -0.507 e. The van der Waals surface area contributed by atoms with Crippen LogP contribution in [0.15, 0.2) is 30.3 Å². The topological polar surface area (TPSA) is 23.5 Å². The quantitative estimate of drug-likeness (QED) is 0.547. The molecule has 2 nitrogen and oxygen atoms in total. The Balaban J connectivity index is 2.72. The molecule has 1 N–H and O–H groups in total. The van der Waals surface area contributed by atoms with E-state index in [1.165, 1.54) is 22.1 Å². The molecule has 0 radical (unpaired) electrons. The molecule has 1 atom stereocenters. The number of hydrogen-bond donors (Lipinski definition) is 1. The van der Waals surface area contributed by atoms with E-state index in [4.69, 9.17) is 0 Å². The average Bonchev–Trinajstić information content (AvgIpc) is 2.56. The molecule has 0 saturated heterocycles. The van der Waals surface area contributed by atoms with Gasteiger partial charge in [0.05, 0.1) is 0 Å². The van der Waals surface area contributed by atoms with Gasteiger partial charge in [-0.1, -0.05) is 68.3 Å². The monoisotopic (exact) mass is 427 g/mol. The van der Waals surface area contributed by atoms with Crippen molar-refractivity contribution in [3.63, 3.8) is 0 Å². The molecule has 166 valence electrons. The minimum atomic E-state index is -0.110. The summed E-state index contributed by atoms with van der Waals surface area (Å²) in [5.41, 5.74) is 4.82. The van der Waals surface area contributed by atoms with Gasteiger partial charge < -0.3 is 10.0 Å². The van der Waals surface area contributed by atoms with Gasteiger partial charge >= 0.3 is 0 Å². The van der Waals surface area contributed by atoms with Gasteiger partial charge in [-0.15, -0.1) is 0 Å². The Morgan fingerprint density at radius 2 is 1.43 bits per heavy atom. The van der Waals surface area contributed by atoms with Crippen molar-refractivity contribution < 1.29 is 5.11 Å². The first-order chi connectivity index (χ1) is 13.6. The number of rotatable bonds is 5. The molecule has 2 aromatic rings. The Bertz CT molecular complexity index is 877. The summed E-state index contributed by atoms with van der Waals surface area (Å²) in [6, 6.07) is 11.8. The van der Waals surface area contributed by atoms with Gasteiger partial charge in [0.2, 0.25) is 0 Å². The second kappa shape index (κ2) is 8.91. The molecule has 0 saturated carbocycles. The van der Waals surface area contributed by atoms with E-state index in [0.717, 1.165) is 10.9 Å². The summed E-state index contributed by atoms with van der Waals surface area (Å²) >= 11 is 0. The van der Waals surface area contributed by atoms with Crippen molar-refractivity contribution in [3.05, 3.63) is 47.0 Å². The van der Waals surface area contributed by atoms with Crippen molar-refractivity contribution >= 4 is 24.9 Å². The van der Waals surface area contributed by atoms with Gasteiger partial charge in [0.15, 0.2) is 0 Å². The molecule has 0 aromatic heterocycles. The summed E-state index contributed by atoms with van der Waals surface area (Å²) in [6.45, 7) is 24.5. The standard InChI is InChI=1S/C27H42NOP/c1-17(2)28(18(3)4)22-14-12-13-19(5)25(22)30-23-16-20(26(6,7)8)15-21(24(23)29)27(9,10)11/h12-18,29-30H,1-11H3. The third-order valence-electron chi connectivity index (χ3n) is 5.69. The maximum absolute atomic E-state index is 11.3. The lowest BCUT2D eigenvalue weighted by molar-refractivity contribution is 0.449. The summed E-state index contributed by atoms with van der Waals surface area (Å²) < 4.78 is 0. The third kappa shape index (κ3) is 5.38. The van der Waals surface area contributed by atoms with E-state index < -0.39 is 0 Å². The highest BCUT2D eigenvalue weighted by Gasteiger charge is 2.26. The number of nitrogens with zero attached hydrogens (tertiary/aromatic N) is 1. The highest BCUT2D eigenvalue weighted by Crippen LogP contribution is 2.37. The van der Waals surface area contributed by atoms with E-state index in [-0.39, 0.29) is 10.8 Å². The summed E-state index contributed by atoms with van der Waals surface area (Å²) in [5.74, 6) is 0.462. The fraction of sp³-hybridized carbons (Fsp3) is 0.556. The van der Waals surface area contributed by atoms with Gasteiger partial charge in [-0.3, -0.25) is 0 Å². The zero-order chi connectivity index (χ0) is 23.0. The van der Waals surface area contributed by atoms with Crippen LogP contribution in [-0.2, 0) is 10.8 Å². The second-order valence-electron chi connectivity index (χ2n) is 11.1. The molecule has 30 heavy (non-hydrogen) atoms. The van der Waals surface area contributed by atoms with Crippen LogP contribution in [0, 0.1) is 6.92 Å². The molecule has 0 aliphatic carbocycles. The highest BCUT2D eigenvalue weighted by molar-refractivity contribution is 7.56. The summed E-state index contributed by atoms with van der Waals surface area (Å²) in [6.07, 6.45) is 0. The van der Waals surface area contributed by atoms with Gasteiger partial charge in [0, 0.05) is 33.9 Å². The summed E-state index contributed by atoms with van der Waals surface area (Å²) in [5, 5.41) is 13.7. The zero-order valence-electron chi connectivity index (χ0n) is 20.9. The van der Waals surface area contributed by atoms with Crippen molar-refractivity contribution in [3.8, 4) is 5.75 Å². The van der Waals surface area contributed by atoms with E-state index in [0.29, 0.717) is 26.4 Å². The van der Waals surface area contributed by atoms with E-state index in [1.807, 2.05) is 0 Å². The molecule has 3 heteroatoms. The lowest BCUT2D eigenvalue weighted by Crippen LogP contribution is -2.39. The van der Waals surface area contributed by atoms with Crippen LogP contribution in [0.3, 0.4) is 0 Å². The normalized spacial score (nSPS) is 13.1. The van der Waals surface area contributed by atoms with Crippen LogP contribution in [0.4, 0.5) is 5.69 Å². The van der Waals surface area contributed by atoms with E-state index in [1.54, 1.807) is 0 Å². The largest absolute Gasteiger partial charge is 0.507 e. The Labute approximate surface area is 186 Å². The fourth-order valence-electron chi connectivity index (χ4n) is 4.05. The van der Waals surface area contributed by atoms with E-state index >= 15 is 0 Å². The number of benzene rings is 2. The number of phenols is 1. The summed E-state index contributed by atoms with van der Waals surface area (Å²) in [7, 11) is 0.411. The molecule has 1 unspecified atom stereocenters. The molecule has 0 amide bonds. The van der Waals surface area contributed by atoms with Crippen molar-refractivity contribution in [2.45, 2.75) is 99.1 Å².